The number of Topliss-reactive ketones (excluding diaryl/α,β-unsaturated/α-hetero) is 1. The van der Waals surface area contributed by atoms with E-state index in [-0.39, 0.29) is 22.8 Å². The molecule has 1 atom stereocenters. The number of ketones is 1. The molecule has 6 heteroatoms. The van der Waals surface area contributed by atoms with Crippen LogP contribution in [0.2, 0.25) is 0 Å². The van der Waals surface area contributed by atoms with Crippen molar-refractivity contribution in [2.75, 3.05) is 7.11 Å². The Morgan fingerprint density at radius 2 is 1.60 bits per heavy atom. The molecule has 1 aliphatic heterocycles. The Morgan fingerprint density at radius 1 is 1.00 bits per heavy atom. The van der Waals surface area contributed by atoms with Crippen LogP contribution in [-0.2, 0) is 5.41 Å². The van der Waals surface area contributed by atoms with Gasteiger partial charge in [0.2, 0.25) is 5.78 Å². The zero-order valence-electron chi connectivity index (χ0n) is 17.7. The van der Waals surface area contributed by atoms with E-state index in [1.807, 2.05) is 12.1 Å². The van der Waals surface area contributed by atoms with Crippen LogP contribution in [0.15, 0.2) is 72.6 Å². The number of allylic oxidation sites excluding steroid dienone is 2. The second-order valence-electron chi connectivity index (χ2n) is 8.23. The Labute approximate surface area is 176 Å². The molecule has 2 aromatic carbocycles. The van der Waals surface area contributed by atoms with E-state index in [0.29, 0.717) is 16.9 Å². The zero-order valence-corrected chi connectivity index (χ0v) is 17.7. The van der Waals surface area contributed by atoms with Crippen molar-refractivity contribution in [1.82, 2.24) is 10.6 Å². The largest absolute Gasteiger partial charge is 0.497 e. The lowest BCUT2D eigenvalue weighted by molar-refractivity contribution is 0.0879. The predicted molar refractivity (Wildman–Crippen MR) is 117 cm³/mol. The summed E-state index contributed by atoms with van der Waals surface area (Å²) < 4.78 is 5.11. The molecule has 1 aliphatic rings. The third-order valence-corrected chi connectivity index (χ3v) is 5.07. The highest BCUT2D eigenvalue weighted by atomic mass is 16.5. The number of amides is 1. The molecule has 0 fully saturated rings. The normalized spacial score (nSPS) is 18.2. The molecule has 0 spiro atoms. The molecule has 6 nitrogen and oxygen atoms in total. The average Bonchev–Trinajstić information content (AvgIpc) is 2.74. The highest BCUT2D eigenvalue weighted by molar-refractivity contribution is 6.06. The topological polar surface area (TPSA) is 93.4 Å². The molecule has 0 aromatic heterocycles. The molecule has 0 saturated carbocycles. The molecule has 156 valence electrons. The SMILES string of the molecule is COc1ccc(C(=O)NC2=CC=CNC2(N)C(=O)c2ccc(C(C)(C)C)cc2)cc1. The summed E-state index contributed by atoms with van der Waals surface area (Å²) in [5.41, 5.74) is 7.13. The second kappa shape index (κ2) is 8.16. The lowest BCUT2D eigenvalue weighted by Crippen LogP contribution is -2.63. The van der Waals surface area contributed by atoms with Gasteiger partial charge in [0.1, 0.15) is 5.75 Å². The third kappa shape index (κ3) is 4.28. The molecular weight excluding hydrogens is 378 g/mol. The number of methoxy groups -OCH3 is 1. The summed E-state index contributed by atoms with van der Waals surface area (Å²) >= 11 is 0. The van der Waals surface area contributed by atoms with E-state index in [4.69, 9.17) is 10.5 Å². The van der Waals surface area contributed by atoms with Crippen molar-refractivity contribution < 1.29 is 14.3 Å². The smallest absolute Gasteiger partial charge is 0.255 e. The van der Waals surface area contributed by atoms with Gasteiger partial charge in [0.25, 0.3) is 5.91 Å². The number of carbonyl (C=O) groups is 2. The molecule has 4 N–H and O–H groups in total. The van der Waals surface area contributed by atoms with E-state index < -0.39 is 5.66 Å². The van der Waals surface area contributed by atoms with Gasteiger partial charge in [-0.15, -0.1) is 0 Å². The Balaban J connectivity index is 1.83. The number of ether oxygens (including phenoxy) is 1. The van der Waals surface area contributed by atoms with Crippen molar-refractivity contribution in [3.8, 4) is 5.75 Å². The van der Waals surface area contributed by atoms with Crippen molar-refractivity contribution in [2.24, 2.45) is 5.73 Å². The molecule has 0 saturated heterocycles. The summed E-state index contributed by atoms with van der Waals surface area (Å²) in [5, 5.41) is 5.68. The summed E-state index contributed by atoms with van der Waals surface area (Å²) in [5.74, 6) is -0.0598. The first kappa shape index (κ1) is 21.3. The first-order chi connectivity index (χ1) is 14.1. The van der Waals surface area contributed by atoms with Gasteiger partial charge in [0.15, 0.2) is 5.66 Å². The standard InChI is InChI=1S/C24H27N3O3/c1-23(2,3)18-11-7-16(8-12-18)21(28)24(25)20(6-5-15-26-24)27-22(29)17-9-13-19(30-4)14-10-17/h5-15,26H,25H2,1-4H3,(H,27,29). The molecule has 3 rings (SSSR count). The fraction of sp³-hybridized carbons (Fsp3) is 0.250. The van der Waals surface area contributed by atoms with Crippen molar-refractivity contribution in [2.45, 2.75) is 31.8 Å². The van der Waals surface area contributed by atoms with Gasteiger partial charge in [-0.3, -0.25) is 15.3 Å². The maximum atomic E-state index is 13.3. The number of benzene rings is 2. The highest BCUT2D eigenvalue weighted by Gasteiger charge is 2.40. The number of dihydropyridines is 1. The Morgan fingerprint density at radius 3 is 2.17 bits per heavy atom. The zero-order chi connectivity index (χ0) is 21.9. The van der Waals surface area contributed by atoms with Crippen molar-refractivity contribution >= 4 is 11.7 Å². The highest BCUT2D eigenvalue weighted by Crippen LogP contribution is 2.25. The van der Waals surface area contributed by atoms with E-state index in [1.165, 1.54) is 0 Å². The van der Waals surface area contributed by atoms with Crippen molar-refractivity contribution in [3.63, 3.8) is 0 Å². The molecular formula is C24H27N3O3. The number of carbonyl (C=O) groups excluding carboxylic acids is 2. The van der Waals surface area contributed by atoms with E-state index in [1.54, 1.807) is 61.9 Å². The van der Waals surface area contributed by atoms with E-state index in [2.05, 4.69) is 31.4 Å². The fourth-order valence-electron chi connectivity index (χ4n) is 3.15. The average molecular weight is 405 g/mol. The van der Waals surface area contributed by atoms with Crippen LogP contribution in [0, 0.1) is 0 Å². The third-order valence-electron chi connectivity index (χ3n) is 5.07. The first-order valence-electron chi connectivity index (χ1n) is 9.70. The van der Waals surface area contributed by atoms with E-state index in [0.717, 1.165) is 5.56 Å². The molecule has 0 bridgehead atoms. The Hall–Kier alpha value is -3.38. The maximum Gasteiger partial charge on any atom is 0.255 e. The summed E-state index contributed by atoms with van der Waals surface area (Å²) in [6.07, 6.45) is 4.90. The van der Waals surface area contributed by atoms with Crippen LogP contribution < -0.4 is 21.1 Å². The lowest BCUT2D eigenvalue weighted by atomic mass is 9.85. The van der Waals surface area contributed by atoms with Gasteiger partial charge < -0.3 is 15.4 Å². The van der Waals surface area contributed by atoms with E-state index in [9.17, 15) is 9.59 Å². The molecule has 1 unspecified atom stereocenters. The van der Waals surface area contributed by atoms with Gasteiger partial charge in [-0.05, 0) is 53.6 Å². The Kier molecular flexibility index (Phi) is 5.80. The van der Waals surface area contributed by atoms with Crippen LogP contribution in [-0.4, -0.2) is 24.5 Å². The predicted octanol–water partition coefficient (Wildman–Crippen LogP) is 3.26. The minimum atomic E-state index is -1.58. The van der Waals surface area contributed by atoms with Gasteiger partial charge in [0.05, 0.1) is 12.8 Å². The second-order valence-corrected chi connectivity index (χ2v) is 8.23. The van der Waals surface area contributed by atoms with Crippen LogP contribution >= 0.6 is 0 Å². The van der Waals surface area contributed by atoms with Crippen LogP contribution in [0.1, 0.15) is 47.1 Å². The summed E-state index contributed by atoms with van der Waals surface area (Å²) in [4.78, 5) is 26.0. The van der Waals surface area contributed by atoms with E-state index >= 15 is 0 Å². The number of rotatable bonds is 5. The summed E-state index contributed by atoms with van der Waals surface area (Å²) in [7, 11) is 1.56. The summed E-state index contributed by atoms with van der Waals surface area (Å²) in [6.45, 7) is 6.33. The molecule has 0 aliphatic carbocycles. The van der Waals surface area contributed by atoms with Gasteiger partial charge in [-0.1, -0.05) is 45.0 Å². The van der Waals surface area contributed by atoms with Crippen molar-refractivity contribution in [3.05, 3.63) is 89.3 Å². The molecule has 1 heterocycles. The van der Waals surface area contributed by atoms with Gasteiger partial charge in [-0.25, -0.2) is 0 Å². The quantitative estimate of drug-likeness (QED) is 0.664. The van der Waals surface area contributed by atoms with Crippen LogP contribution in [0.4, 0.5) is 0 Å². The van der Waals surface area contributed by atoms with Gasteiger partial charge in [0, 0.05) is 11.1 Å². The molecule has 30 heavy (non-hydrogen) atoms. The summed E-state index contributed by atoms with van der Waals surface area (Å²) in [6, 6.07) is 14.1. The number of hydrogen-bond acceptors (Lipinski definition) is 5. The Bertz CT molecular complexity index is 999. The molecule has 1 amide bonds. The molecule has 0 radical (unpaired) electrons. The minimum absolute atomic E-state index is 0.0226. The van der Waals surface area contributed by atoms with Crippen molar-refractivity contribution in [1.29, 1.82) is 0 Å². The lowest BCUT2D eigenvalue weighted by Gasteiger charge is -2.33. The monoisotopic (exact) mass is 405 g/mol. The van der Waals surface area contributed by atoms with Crippen LogP contribution in [0.25, 0.3) is 0 Å². The number of nitrogens with two attached hydrogens (primary N) is 1. The first-order valence-corrected chi connectivity index (χ1v) is 9.70. The number of nitrogens with one attached hydrogen (secondary N) is 2. The van der Waals surface area contributed by atoms with Crippen LogP contribution in [0.5, 0.6) is 5.75 Å². The van der Waals surface area contributed by atoms with Gasteiger partial charge >= 0.3 is 0 Å². The molecule has 2 aromatic rings. The number of hydrogen-bond donors (Lipinski definition) is 3. The fourth-order valence-corrected chi connectivity index (χ4v) is 3.15. The maximum absolute atomic E-state index is 13.3. The van der Waals surface area contributed by atoms with Crippen LogP contribution in [0.3, 0.4) is 0 Å². The van der Waals surface area contributed by atoms with Gasteiger partial charge in [-0.2, -0.15) is 0 Å². The minimum Gasteiger partial charge on any atom is -0.497 e.